The molecule has 3 aromatic rings. The van der Waals surface area contributed by atoms with E-state index in [-0.39, 0.29) is 19.2 Å². The first-order valence-corrected chi connectivity index (χ1v) is 9.63. The standard InChI is InChI=1S/C20H21N3O3S/c1-12-6-16(17-10-27-14(3)22-17)13(2)23(12)9-20(24)21-8-15-4-5-18-19(7-15)26-11-25-18/h4-7,10H,8-9,11H2,1-3H3,(H,21,24). The predicted octanol–water partition coefficient (Wildman–Crippen LogP) is 3.58. The summed E-state index contributed by atoms with van der Waals surface area (Å²) in [5, 5.41) is 6.07. The van der Waals surface area contributed by atoms with Gasteiger partial charge in [-0.15, -0.1) is 11.3 Å². The fourth-order valence-corrected chi connectivity index (χ4v) is 3.85. The summed E-state index contributed by atoms with van der Waals surface area (Å²) in [5.74, 6) is 1.44. The van der Waals surface area contributed by atoms with Gasteiger partial charge in [0.15, 0.2) is 11.5 Å². The van der Waals surface area contributed by atoms with Gasteiger partial charge in [-0.1, -0.05) is 6.07 Å². The van der Waals surface area contributed by atoms with E-state index in [9.17, 15) is 4.79 Å². The third-order valence-electron chi connectivity index (χ3n) is 4.70. The molecule has 1 N–H and O–H groups in total. The fraction of sp³-hybridized carbons (Fsp3) is 0.300. The van der Waals surface area contributed by atoms with Gasteiger partial charge >= 0.3 is 0 Å². The molecule has 6 nitrogen and oxygen atoms in total. The monoisotopic (exact) mass is 383 g/mol. The predicted molar refractivity (Wildman–Crippen MR) is 104 cm³/mol. The van der Waals surface area contributed by atoms with E-state index < -0.39 is 0 Å². The topological polar surface area (TPSA) is 65.4 Å². The Morgan fingerprint density at radius 1 is 1.22 bits per heavy atom. The number of aromatic nitrogens is 2. The summed E-state index contributed by atoms with van der Waals surface area (Å²) in [6.07, 6.45) is 0. The molecular weight excluding hydrogens is 362 g/mol. The van der Waals surface area contributed by atoms with Crippen molar-refractivity contribution in [2.24, 2.45) is 0 Å². The lowest BCUT2D eigenvalue weighted by molar-refractivity contribution is -0.121. The average molecular weight is 383 g/mol. The van der Waals surface area contributed by atoms with Crippen LogP contribution in [0.2, 0.25) is 0 Å². The molecule has 7 heteroatoms. The fourth-order valence-electron chi connectivity index (χ4n) is 3.24. The molecule has 0 spiro atoms. The SMILES string of the molecule is Cc1nc(-c2cc(C)n(CC(=O)NCc3ccc4c(c3)OCO4)c2C)cs1. The van der Waals surface area contributed by atoms with Crippen molar-refractivity contribution in [1.82, 2.24) is 14.9 Å². The number of hydrogen-bond acceptors (Lipinski definition) is 5. The molecule has 4 rings (SSSR count). The molecule has 0 atom stereocenters. The molecule has 0 radical (unpaired) electrons. The Morgan fingerprint density at radius 2 is 2.04 bits per heavy atom. The number of amides is 1. The second-order valence-corrected chi connectivity index (χ2v) is 7.65. The van der Waals surface area contributed by atoms with E-state index in [0.29, 0.717) is 6.54 Å². The largest absolute Gasteiger partial charge is 0.454 e. The molecule has 140 valence electrons. The van der Waals surface area contributed by atoms with Gasteiger partial charge in [0.25, 0.3) is 0 Å². The van der Waals surface area contributed by atoms with Gasteiger partial charge in [-0.3, -0.25) is 4.79 Å². The molecule has 0 unspecified atom stereocenters. The number of carbonyl (C=O) groups is 1. The van der Waals surface area contributed by atoms with Crippen molar-refractivity contribution in [1.29, 1.82) is 0 Å². The summed E-state index contributed by atoms with van der Waals surface area (Å²) >= 11 is 1.63. The molecule has 2 aromatic heterocycles. The lowest BCUT2D eigenvalue weighted by Crippen LogP contribution is -2.27. The smallest absolute Gasteiger partial charge is 0.240 e. The van der Waals surface area contributed by atoms with Gasteiger partial charge in [-0.25, -0.2) is 4.98 Å². The highest BCUT2D eigenvalue weighted by atomic mass is 32.1. The van der Waals surface area contributed by atoms with Crippen molar-refractivity contribution >= 4 is 17.2 Å². The quantitative estimate of drug-likeness (QED) is 0.731. The number of carbonyl (C=O) groups excluding carboxylic acids is 1. The van der Waals surface area contributed by atoms with Crippen LogP contribution in [0.5, 0.6) is 11.5 Å². The van der Waals surface area contributed by atoms with Crippen LogP contribution in [0.15, 0.2) is 29.6 Å². The number of nitrogens with zero attached hydrogens (tertiary/aromatic N) is 2. The van der Waals surface area contributed by atoms with Crippen LogP contribution in [-0.2, 0) is 17.9 Å². The van der Waals surface area contributed by atoms with Gasteiger partial charge < -0.3 is 19.4 Å². The van der Waals surface area contributed by atoms with E-state index in [2.05, 4.69) is 21.7 Å². The van der Waals surface area contributed by atoms with E-state index in [1.165, 1.54) is 0 Å². The van der Waals surface area contributed by atoms with Gasteiger partial charge in [-0.05, 0) is 44.5 Å². The Bertz CT molecular complexity index is 1010. The van der Waals surface area contributed by atoms with Gasteiger partial charge in [-0.2, -0.15) is 0 Å². The zero-order valence-electron chi connectivity index (χ0n) is 15.5. The van der Waals surface area contributed by atoms with E-state index in [1.54, 1.807) is 11.3 Å². The summed E-state index contributed by atoms with van der Waals surface area (Å²) in [6, 6.07) is 7.79. The Kier molecular flexibility index (Phi) is 4.61. The van der Waals surface area contributed by atoms with E-state index in [1.807, 2.05) is 43.5 Å². The lowest BCUT2D eigenvalue weighted by Gasteiger charge is -2.11. The molecule has 27 heavy (non-hydrogen) atoms. The van der Waals surface area contributed by atoms with Crippen LogP contribution in [0.3, 0.4) is 0 Å². The van der Waals surface area contributed by atoms with E-state index in [4.69, 9.17) is 9.47 Å². The molecule has 3 heterocycles. The molecule has 1 aliphatic rings. The number of fused-ring (bicyclic) bond motifs is 1. The molecule has 0 fully saturated rings. The second kappa shape index (κ2) is 7.08. The highest BCUT2D eigenvalue weighted by Gasteiger charge is 2.16. The maximum atomic E-state index is 12.5. The highest BCUT2D eigenvalue weighted by molar-refractivity contribution is 7.09. The highest BCUT2D eigenvalue weighted by Crippen LogP contribution is 2.32. The van der Waals surface area contributed by atoms with Gasteiger partial charge in [0, 0.05) is 28.9 Å². The maximum absolute atomic E-state index is 12.5. The summed E-state index contributed by atoms with van der Waals surface area (Å²) in [7, 11) is 0. The van der Waals surface area contributed by atoms with E-state index in [0.717, 1.165) is 44.7 Å². The Hall–Kier alpha value is -2.80. The lowest BCUT2D eigenvalue weighted by atomic mass is 10.2. The normalized spacial score (nSPS) is 12.4. The Balaban J connectivity index is 1.43. The molecule has 0 bridgehead atoms. The van der Waals surface area contributed by atoms with Crippen molar-refractivity contribution in [3.63, 3.8) is 0 Å². The first-order valence-electron chi connectivity index (χ1n) is 8.75. The summed E-state index contributed by atoms with van der Waals surface area (Å²) in [5.41, 5.74) is 5.13. The minimum absolute atomic E-state index is 0.0320. The van der Waals surface area contributed by atoms with Crippen LogP contribution in [0.25, 0.3) is 11.3 Å². The van der Waals surface area contributed by atoms with Crippen LogP contribution in [0.1, 0.15) is 22.0 Å². The summed E-state index contributed by atoms with van der Waals surface area (Å²) < 4.78 is 12.7. The molecule has 0 saturated carbocycles. The van der Waals surface area contributed by atoms with Gasteiger partial charge in [0.2, 0.25) is 12.7 Å². The third-order valence-corrected chi connectivity index (χ3v) is 5.47. The molecule has 0 saturated heterocycles. The van der Waals surface area contributed by atoms with Crippen molar-refractivity contribution < 1.29 is 14.3 Å². The zero-order valence-corrected chi connectivity index (χ0v) is 16.4. The molecule has 0 aliphatic carbocycles. The maximum Gasteiger partial charge on any atom is 0.240 e. The van der Waals surface area contributed by atoms with Crippen LogP contribution < -0.4 is 14.8 Å². The first-order chi connectivity index (χ1) is 13.0. The van der Waals surface area contributed by atoms with E-state index >= 15 is 0 Å². The van der Waals surface area contributed by atoms with Crippen LogP contribution in [-0.4, -0.2) is 22.3 Å². The van der Waals surface area contributed by atoms with Gasteiger partial charge in [0.1, 0.15) is 6.54 Å². The van der Waals surface area contributed by atoms with Crippen LogP contribution >= 0.6 is 11.3 Å². The number of benzene rings is 1. The first kappa shape index (κ1) is 17.6. The number of ether oxygens (including phenoxy) is 2. The number of hydrogen-bond donors (Lipinski definition) is 1. The molecule has 1 aromatic carbocycles. The Labute approximate surface area is 161 Å². The average Bonchev–Trinajstić information content (AvgIpc) is 3.35. The molecule has 1 aliphatic heterocycles. The zero-order chi connectivity index (χ0) is 19.0. The van der Waals surface area contributed by atoms with Crippen molar-refractivity contribution in [3.05, 3.63) is 51.6 Å². The van der Waals surface area contributed by atoms with Crippen molar-refractivity contribution in [2.45, 2.75) is 33.9 Å². The third kappa shape index (κ3) is 3.55. The number of aryl methyl sites for hydroxylation is 2. The van der Waals surface area contributed by atoms with Gasteiger partial charge in [0.05, 0.1) is 10.7 Å². The number of nitrogens with one attached hydrogen (secondary N) is 1. The van der Waals surface area contributed by atoms with Crippen molar-refractivity contribution in [3.8, 4) is 22.8 Å². The number of rotatable bonds is 5. The van der Waals surface area contributed by atoms with Crippen molar-refractivity contribution in [2.75, 3.05) is 6.79 Å². The molecule has 1 amide bonds. The Morgan fingerprint density at radius 3 is 2.81 bits per heavy atom. The molecular formula is C20H21N3O3S. The van der Waals surface area contributed by atoms with Crippen LogP contribution in [0.4, 0.5) is 0 Å². The minimum Gasteiger partial charge on any atom is -0.454 e. The number of thiazole rings is 1. The summed E-state index contributed by atoms with van der Waals surface area (Å²) in [4.78, 5) is 17.0. The van der Waals surface area contributed by atoms with Crippen LogP contribution in [0, 0.1) is 20.8 Å². The minimum atomic E-state index is -0.0320. The summed E-state index contributed by atoms with van der Waals surface area (Å²) in [6.45, 7) is 7.02. The second-order valence-electron chi connectivity index (χ2n) is 6.59.